The Hall–Kier alpha value is -1.85. The van der Waals surface area contributed by atoms with Crippen LogP contribution in [0.5, 0.6) is 0 Å². The van der Waals surface area contributed by atoms with E-state index >= 15 is 0 Å². The number of epoxide rings is 2. The molecule has 0 N–H and O–H groups in total. The van der Waals surface area contributed by atoms with Gasteiger partial charge in [-0.2, -0.15) is 0 Å². The highest BCUT2D eigenvalue weighted by molar-refractivity contribution is 5.92. The van der Waals surface area contributed by atoms with Crippen LogP contribution in [0.1, 0.15) is 23.7 Å². The van der Waals surface area contributed by atoms with Crippen LogP contribution in [0.15, 0.2) is 45.6 Å². The Kier molecular flexibility index (Phi) is 2.00. The van der Waals surface area contributed by atoms with Gasteiger partial charge in [-0.15, -0.1) is 0 Å². The maximum absolute atomic E-state index is 12.0. The van der Waals surface area contributed by atoms with E-state index in [1.807, 2.05) is 0 Å². The van der Waals surface area contributed by atoms with Crippen LogP contribution in [0.25, 0.3) is 0 Å². The van der Waals surface area contributed by atoms with Crippen LogP contribution < -0.4 is 0 Å². The molecule has 0 unspecified atom stereocenters. The van der Waals surface area contributed by atoms with Gasteiger partial charge in [0.25, 0.3) is 0 Å². The molecule has 5 heteroatoms. The zero-order valence-electron chi connectivity index (χ0n) is 9.31. The minimum absolute atomic E-state index is 0.0437. The second-order valence-electron chi connectivity index (χ2n) is 4.39. The third-order valence-corrected chi connectivity index (χ3v) is 3.19. The fraction of sp³-hybridized carbons (Fsp3) is 0.308. The quantitative estimate of drug-likeness (QED) is 0.772. The van der Waals surface area contributed by atoms with Crippen molar-refractivity contribution in [1.82, 2.24) is 0 Å². The molecule has 2 aromatic heterocycles. The normalized spacial score (nSPS) is 33.3. The summed E-state index contributed by atoms with van der Waals surface area (Å²) < 4.78 is 21.1. The van der Waals surface area contributed by atoms with Gasteiger partial charge in [-0.25, -0.2) is 0 Å². The van der Waals surface area contributed by atoms with Crippen molar-refractivity contribution >= 4 is 5.78 Å². The summed E-state index contributed by atoms with van der Waals surface area (Å²) in [5.74, 6) is 1.32. The van der Waals surface area contributed by atoms with Crippen LogP contribution in [0.2, 0.25) is 0 Å². The number of ether oxygens (including phenoxy) is 2. The van der Waals surface area contributed by atoms with Crippen LogP contribution in [-0.4, -0.2) is 18.0 Å². The zero-order chi connectivity index (χ0) is 12.1. The molecular weight excluding hydrogens is 236 g/mol. The van der Waals surface area contributed by atoms with Crippen LogP contribution in [-0.2, 0) is 14.3 Å². The summed E-state index contributed by atoms with van der Waals surface area (Å²) in [5, 5.41) is 0. The molecule has 0 aromatic carbocycles. The molecule has 2 aromatic rings. The molecule has 4 heterocycles. The molecule has 0 spiro atoms. The van der Waals surface area contributed by atoms with E-state index < -0.39 is 12.2 Å². The first-order chi connectivity index (χ1) is 8.84. The molecule has 2 aliphatic heterocycles. The van der Waals surface area contributed by atoms with Crippen LogP contribution in [0.4, 0.5) is 0 Å². The Bertz CT molecular complexity index is 506. The lowest BCUT2D eigenvalue weighted by molar-refractivity contribution is -0.121. The highest BCUT2D eigenvalue weighted by atomic mass is 16.6. The van der Waals surface area contributed by atoms with Crippen molar-refractivity contribution in [3.8, 4) is 0 Å². The Labute approximate surface area is 102 Å². The monoisotopic (exact) mass is 246 g/mol. The number of rotatable bonds is 4. The largest absolute Gasteiger partial charge is 0.466 e. The Balaban J connectivity index is 1.42. The average Bonchev–Trinajstić information content (AvgIpc) is 3.23. The predicted molar refractivity (Wildman–Crippen MR) is 57.7 cm³/mol. The minimum Gasteiger partial charge on any atom is -0.466 e. The fourth-order valence-corrected chi connectivity index (χ4v) is 2.16. The van der Waals surface area contributed by atoms with Crippen molar-refractivity contribution < 1.29 is 23.1 Å². The molecule has 4 atom stereocenters. The van der Waals surface area contributed by atoms with E-state index in [1.54, 1.807) is 36.8 Å². The summed E-state index contributed by atoms with van der Waals surface area (Å²) in [6.07, 6.45) is 1.74. The van der Waals surface area contributed by atoms with E-state index in [0.717, 1.165) is 0 Å². The summed E-state index contributed by atoms with van der Waals surface area (Å²) >= 11 is 0. The third-order valence-electron chi connectivity index (χ3n) is 3.19. The van der Waals surface area contributed by atoms with Gasteiger partial charge in [-0.05, 0) is 24.3 Å². The third kappa shape index (κ3) is 1.52. The number of furan rings is 2. The second-order valence-corrected chi connectivity index (χ2v) is 4.39. The minimum atomic E-state index is -0.443. The van der Waals surface area contributed by atoms with Gasteiger partial charge < -0.3 is 18.3 Å². The Morgan fingerprint density at radius 2 is 1.39 bits per heavy atom. The molecule has 2 aliphatic rings. The number of ketones is 1. The molecule has 0 amide bonds. The number of hydrogen-bond donors (Lipinski definition) is 0. The average molecular weight is 246 g/mol. The van der Waals surface area contributed by atoms with Gasteiger partial charge >= 0.3 is 0 Å². The van der Waals surface area contributed by atoms with Crippen LogP contribution >= 0.6 is 0 Å². The second kappa shape index (κ2) is 3.57. The molecule has 4 rings (SSSR count). The Morgan fingerprint density at radius 3 is 1.78 bits per heavy atom. The molecule has 18 heavy (non-hydrogen) atoms. The topological polar surface area (TPSA) is 68.4 Å². The van der Waals surface area contributed by atoms with Crippen molar-refractivity contribution in [2.45, 2.75) is 24.4 Å². The molecule has 0 saturated carbocycles. The maximum Gasteiger partial charge on any atom is 0.196 e. The van der Waals surface area contributed by atoms with E-state index in [1.165, 1.54) is 0 Å². The van der Waals surface area contributed by atoms with Crippen LogP contribution in [0.3, 0.4) is 0 Å². The van der Waals surface area contributed by atoms with E-state index in [4.69, 9.17) is 18.3 Å². The van der Waals surface area contributed by atoms with Gasteiger partial charge in [0.1, 0.15) is 23.7 Å². The lowest BCUT2D eigenvalue weighted by Gasteiger charge is -1.89. The fourth-order valence-electron chi connectivity index (χ4n) is 2.16. The molecular formula is C13H10O5. The highest BCUT2D eigenvalue weighted by Crippen LogP contribution is 2.47. The van der Waals surface area contributed by atoms with E-state index in [9.17, 15) is 4.79 Å². The van der Waals surface area contributed by atoms with Gasteiger partial charge in [0.05, 0.1) is 12.5 Å². The first-order valence-electron chi connectivity index (χ1n) is 5.76. The number of carbonyl (C=O) groups is 1. The first kappa shape index (κ1) is 10.1. The zero-order valence-corrected chi connectivity index (χ0v) is 9.31. The summed E-state index contributed by atoms with van der Waals surface area (Å²) in [4.78, 5) is 12.0. The lowest BCUT2D eigenvalue weighted by atomic mass is 10.1. The highest BCUT2D eigenvalue weighted by Gasteiger charge is 2.58. The maximum atomic E-state index is 12.0. The van der Waals surface area contributed by atoms with Gasteiger partial charge in [0, 0.05) is 0 Å². The summed E-state index contributed by atoms with van der Waals surface area (Å²) in [7, 11) is 0. The number of Topliss-reactive ketones (excluding diaryl/α,β-unsaturated/α-hetero) is 1. The van der Waals surface area contributed by atoms with Crippen molar-refractivity contribution in [2.24, 2.45) is 0 Å². The summed E-state index contributed by atoms with van der Waals surface area (Å²) in [6.45, 7) is 0. The number of hydrogen-bond acceptors (Lipinski definition) is 5. The predicted octanol–water partition coefficient (Wildman–Crippen LogP) is 2.02. The molecule has 2 saturated heterocycles. The van der Waals surface area contributed by atoms with E-state index in [2.05, 4.69) is 0 Å². The van der Waals surface area contributed by atoms with E-state index in [0.29, 0.717) is 11.5 Å². The van der Waals surface area contributed by atoms with E-state index in [-0.39, 0.29) is 18.0 Å². The van der Waals surface area contributed by atoms with Crippen molar-refractivity contribution in [1.29, 1.82) is 0 Å². The first-order valence-corrected chi connectivity index (χ1v) is 5.76. The van der Waals surface area contributed by atoms with Crippen molar-refractivity contribution in [3.63, 3.8) is 0 Å². The summed E-state index contributed by atoms with van der Waals surface area (Å²) in [5.41, 5.74) is 0. The summed E-state index contributed by atoms with van der Waals surface area (Å²) in [6, 6.07) is 7.15. The molecule has 92 valence electrons. The van der Waals surface area contributed by atoms with Crippen molar-refractivity contribution in [3.05, 3.63) is 48.3 Å². The van der Waals surface area contributed by atoms with Gasteiger partial charge in [-0.1, -0.05) is 0 Å². The van der Waals surface area contributed by atoms with Crippen LogP contribution in [0, 0.1) is 0 Å². The Morgan fingerprint density at radius 1 is 0.889 bits per heavy atom. The molecule has 0 radical (unpaired) electrons. The smallest absolute Gasteiger partial charge is 0.196 e. The van der Waals surface area contributed by atoms with Gasteiger partial charge in [0.2, 0.25) is 0 Å². The number of carbonyl (C=O) groups excluding carboxylic acids is 1. The van der Waals surface area contributed by atoms with Crippen molar-refractivity contribution in [2.75, 3.05) is 0 Å². The molecule has 0 aliphatic carbocycles. The lowest BCUT2D eigenvalue weighted by Crippen LogP contribution is -2.15. The van der Waals surface area contributed by atoms with Gasteiger partial charge in [-0.3, -0.25) is 4.79 Å². The van der Waals surface area contributed by atoms with Gasteiger partial charge in [0.15, 0.2) is 18.0 Å². The molecule has 2 fully saturated rings. The molecule has 0 bridgehead atoms. The standard InChI is InChI=1S/C13H10O5/c14-9(12-10(17-12)7-3-1-5-15-7)13-11(18-13)8-4-2-6-16-8/h1-6,10-13H/t10-,11-,12-,13-/m1/s1. The SMILES string of the molecule is O=C([C@H]1O[C@@H]1c1ccco1)[C@H]1O[C@@H]1c1ccco1. The molecule has 5 nitrogen and oxygen atoms in total.